The smallest absolute Gasteiger partial charge is 0.408 e. The maximum absolute atomic E-state index is 11.7. The van der Waals surface area contributed by atoms with Crippen LogP contribution < -0.4 is 5.32 Å². The number of amides is 1. The minimum absolute atomic E-state index is 0.0791. The topological polar surface area (TPSA) is 113 Å². The van der Waals surface area contributed by atoms with E-state index in [1.54, 1.807) is 20.8 Å². The van der Waals surface area contributed by atoms with Crippen LogP contribution in [0.5, 0.6) is 0 Å². The highest BCUT2D eigenvalue weighted by molar-refractivity contribution is 6.02. The van der Waals surface area contributed by atoms with Gasteiger partial charge in [0.2, 0.25) is 0 Å². The van der Waals surface area contributed by atoms with Gasteiger partial charge in [-0.15, -0.1) is 0 Å². The summed E-state index contributed by atoms with van der Waals surface area (Å²) in [5, 5.41) is 20.5. The fraction of sp³-hybridized carbons (Fsp3) is 0.538. The fourth-order valence-electron chi connectivity index (χ4n) is 1.90. The highest BCUT2D eigenvalue weighted by Crippen LogP contribution is 2.30. The zero-order valence-electron chi connectivity index (χ0n) is 11.6. The zero-order chi connectivity index (χ0) is 15.5. The van der Waals surface area contributed by atoms with Crippen molar-refractivity contribution in [3.8, 4) is 0 Å². The summed E-state index contributed by atoms with van der Waals surface area (Å²) < 4.78 is 5.03. The molecule has 0 aromatic carbocycles. The van der Waals surface area contributed by atoms with Crippen molar-refractivity contribution >= 4 is 18.0 Å². The van der Waals surface area contributed by atoms with E-state index in [4.69, 9.17) is 14.9 Å². The molecule has 0 aliphatic heterocycles. The first-order chi connectivity index (χ1) is 9.11. The molecule has 0 aromatic rings. The lowest BCUT2D eigenvalue weighted by Gasteiger charge is -2.26. The number of hydrogen-bond acceptors (Lipinski definition) is 4. The number of nitrogens with one attached hydrogen (secondary N) is 1. The maximum Gasteiger partial charge on any atom is 0.408 e. The number of carboxylic acid groups (broad SMARTS) is 2. The molecule has 1 rings (SSSR count). The van der Waals surface area contributed by atoms with Crippen LogP contribution in [0.4, 0.5) is 4.79 Å². The first-order valence-corrected chi connectivity index (χ1v) is 6.17. The minimum atomic E-state index is -1.37. The van der Waals surface area contributed by atoms with Gasteiger partial charge in [0.15, 0.2) is 0 Å². The van der Waals surface area contributed by atoms with Crippen LogP contribution in [0.15, 0.2) is 11.1 Å². The van der Waals surface area contributed by atoms with E-state index < -0.39 is 23.6 Å². The van der Waals surface area contributed by atoms with Crippen molar-refractivity contribution in [1.82, 2.24) is 5.32 Å². The Balaban J connectivity index is 2.93. The molecule has 0 saturated carbocycles. The molecule has 111 valence electrons. The highest BCUT2D eigenvalue weighted by Gasteiger charge is 2.34. The summed E-state index contributed by atoms with van der Waals surface area (Å²) in [7, 11) is 0. The molecule has 1 aliphatic rings. The maximum atomic E-state index is 11.7. The fourth-order valence-corrected chi connectivity index (χ4v) is 1.90. The number of alkyl carbamates (subject to hydrolysis) is 1. The Labute approximate surface area is 116 Å². The standard InChI is InChI=1S/C13H18NO6/c1-13(2,3)20-12(19)14-8-6-4-5-7(10(15)16)9(8)11(17)18/h4-6H2,1-3H3,(H,14,19)(H,15,16)(H,17,18). The van der Waals surface area contributed by atoms with Crippen LogP contribution in [0.1, 0.15) is 40.0 Å². The van der Waals surface area contributed by atoms with Crippen molar-refractivity contribution in [2.24, 2.45) is 0 Å². The molecule has 1 aliphatic carbocycles. The lowest BCUT2D eigenvalue weighted by Crippen LogP contribution is -2.38. The van der Waals surface area contributed by atoms with Crippen molar-refractivity contribution in [3.63, 3.8) is 0 Å². The quantitative estimate of drug-likeness (QED) is 0.727. The van der Waals surface area contributed by atoms with Gasteiger partial charge in [-0.05, 0) is 40.0 Å². The Morgan fingerprint density at radius 3 is 2.15 bits per heavy atom. The Morgan fingerprint density at radius 1 is 1.10 bits per heavy atom. The Kier molecular flexibility index (Phi) is 4.75. The van der Waals surface area contributed by atoms with Gasteiger partial charge in [0.1, 0.15) is 11.6 Å². The third-order valence-electron chi connectivity index (χ3n) is 2.58. The highest BCUT2D eigenvalue weighted by atomic mass is 16.6. The summed E-state index contributed by atoms with van der Waals surface area (Å²) in [5.41, 5.74) is -1.27. The monoisotopic (exact) mass is 284 g/mol. The van der Waals surface area contributed by atoms with Gasteiger partial charge in [0, 0.05) is 5.57 Å². The molecule has 0 spiro atoms. The lowest BCUT2D eigenvalue weighted by molar-refractivity contribution is -0.136. The number of carbonyl (C=O) groups excluding carboxylic acids is 1. The molecule has 0 saturated heterocycles. The first-order valence-electron chi connectivity index (χ1n) is 6.17. The Hall–Kier alpha value is -2.05. The van der Waals surface area contributed by atoms with Gasteiger partial charge in [-0.25, -0.2) is 14.4 Å². The number of carboxylic acids is 2. The lowest BCUT2D eigenvalue weighted by atomic mass is 9.87. The van der Waals surface area contributed by atoms with E-state index in [2.05, 4.69) is 5.32 Å². The van der Waals surface area contributed by atoms with Crippen molar-refractivity contribution in [2.75, 3.05) is 0 Å². The van der Waals surface area contributed by atoms with Gasteiger partial charge in [0.05, 0.1) is 5.57 Å². The number of ether oxygens (including phenoxy) is 1. The predicted molar refractivity (Wildman–Crippen MR) is 68.8 cm³/mol. The second-order valence-electron chi connectivity index (χ2n) is 5.42. The molecular formula is C13H18NO6. The molecule has 0 heterocycles. The molecule has 0 atom stereocenters. The summed E-state index contributed by atoms with van der Waals surface area (Å²) in [6.45, 7) is 5.03. The first kappa shape index (κ1) is 16.0. The summed E-state index contributed by atoms with van der Waals surface area (Å²) in [6, 6.07) is 0.0791. The average Bonchev–Trinajstić information content (AvgIpc) is 2.25. The van der Waals surface area contributed by atoms with Crippen molar-refractivity contribution < 1.29 is 29.3 Å². The molecule has 1 amide bonds. The van der Waals surface area contributed by atoms with Crippen LogP contribution in [-0.4, -0.2) is 33.8 Å². The molecular weight excluding hydrogens is 266 g/mol. The van der Waals surface area contributed by atoms with Gasteiger partial charge in [-0.1, -0.05) is 0 Å². The Morgan fingerprint density at radius 2 is 1.70 bits per heavy atom. The minimum Gasteiger partial charge on any atom is -0.478 e. The van der Waals surface area contributed by atoms with E-state index in [1.165, 1.54) is 0 Å². The molecule has 0 unspecified atom stereocenters. The molecule has 0 fully saturated rings. The molecule has 0 aromatic heterocycles. The third-order valence-corrected chi connectivity index (χ3v) is 2.58. The molecule has 7 nitrogen and oxygen atoms in total. The molecule has 3 N–H and O–H groups in total. The van der Waals surface area contributed by atoms with Gasteiger partial charge >= 0.3 is 18.0 Å². The second kappa shape index (κ2) is 5.94. The van der Waals surface area contributed by atoms with E-state index in [-0.39, 0.29) is 30.0 Å². The summed E-state index contributed by atoms with van der Waals surface area (Å²) in [6.07, 6.45) is 0.121. The molecule has 7 heteroatoms. The van der Waals surface area contributed by atoms with Gasteiger partial charge in [-0.2, -0.15) is 0 Å². The van der Waals surface area contributed by atoms with E-state index in [9.17, 15) is 14.4 Å². The summed E-state index contributed by atoms with van der Waals surface area (Å²) >= 11 is 0. The normalized spacial score (nSPS) is 16.8. The van der Waals surface area contributed by atoms with Gasteiger partial charge in [0.25, 0.3) is 0 Å². The molecule has 0 bridgehead atoms. The predicted octanol–water partition coefficient (Wildman–Crippen LogP) is 1.69. The summed E-state index contributed by atoms with van der Waals surface area (Å²) in [4.78, 5) is 33.9. The van der Waals surface area contributed by atoms with Crippen LogP contribution in [0.25, 0.3) is 0 Å². The summed E-state index contributed by atoms with van der Waals surface area (Å²) in [5.74, 6) is -2.65. The number of hydrogen-bond donors (Lipinski definition) is 3. The molecule has 1 radical (unpaired) electrons. The van der Waals surface area contributed by atoms with Crippen molar-refractivity contribution in [1.29, 1.82) is 0 Å². The van der Waals surface area contributed by atoms with Crippen molar-refractivity contribution in [2.45, 2.75) is 45.6 Å². The number of carbonyl (C=O) groups is 3. The van der Waals surface area contributed by atoms with Crippen molar-refractivity contribution in [3.05, 3.63) is 17.2 Å². The van der Waals surface area contributed by atoms with Crippen LogP contribution in [0.2, 0.25) is 0 Å². The average molecular weight is 284 g/mol. The zero-order valence-corrected chi connectivity index (χ0v) is 11.6. The number of aliphatic carboxylic acids is 2. The second-order valence-corrected chi connectivity index (χ2v) is 5.42. The van der Waals surface area contributed by atoms with E-state index >= 15 is 0 Å². The van der Waals surface area contributed by atoms with E-state index in [0.29, 0.717) is 6.42 Å². The van der Waals surface area contributed by atoms with Crippen LogP contribution in [-0.2, 0) is 14.3 Å². The van der Waals surface area contributed by atoms with Crippen LogP contribution in [0.3, 0.4) is 0 Å². The van der Waals surface area contributed by atoms with Crippen LogP contribution in [0, 0.1) is 6.04 Å². The third kappa shape index (κ3) is 4.25. The van der Waals surface area contributed by atoms with E-state index in [1.807, 2.05) is 0 Å². The SMILES string of the molecule is CC(C)(C)OC(=O)N[C]1CCCC(C(=O)O)=C1C(=O)O. The largest absolute Gasteiger partial charge is 0.478 e. The van der Waals surface area contributed by atoms with Crippen LogP contribution >= 0.6 is 0 Å². The van der Waals surface area contributed by atoms with E-state index in [0.717, 1.165) is 0 Å². The Bertz CT molecular complexity index is 460. The van der Waals surface area contributed by atoms with Gasteiger partial charge in [-0.3, -0.25) is 0 Å². The molecule has 20 heavy (non-hydrogen) atoms. The number of rotatable bonds is 3. The van der Waals surface area contributed by atoms with Gasteiger partial charge < -0.3 is 20.3 Å².